The molecule has 0 heterocycles. The Kier molecular flexibility index (Phi) is 4.17. The van der Waals surface area contributed by atoms with Gasteiger partial charge in [-0.1, -0.05) is 18.2 Å². The van der Waals surface area contributed by atoms with Crippen LogP contribution in [0.2, 0.25) is 0 Å². The maximum absolute atomic E-state index is 12.3. The normalized spacial score (nSPS) is 12.4. The van der Waals surface area contributed by atoms with E-state index in [2.05, 4.69) is 0 Å². The van der Waals surface area contributed by atoms with Crippen LogP contribution in [0.3, 0.4) is 0 Å². The molecule has 100 valence electrons. The Bertz CT molecular complexity index is 544. The molecule has 4 nitrogen and oxygen atoms in total. The van der Waals surface area contributed by atoms with Crippen LogP contribution in [0, 0.1) is 11.3 Å². The molecule has 1 aromatic rings. The number of allylic oxidation sites excluding steroid dienone is 1. The van der Waals surface area contributed by atoms with Crippen molar-refractivity contribution in [1.82, 2.24) is 0 Å². The second-order valence-corrected chi connectivity index (χ2v) is 3.53. The lowest BCUT2D eigenvalue weighted by molar-refractivity contribution is -0.126. The van der Waals surface area contributed by atoms with Gasteiger partial charge in [-0.2, -0.15) is 18.4 Å². The number of nitriles is 1. The maximum atomic E-state index is 12.3. The standard InChI is InChI=1S/C12H9F3N2O2/c1-17(8-5-3-2-4-6-8)11(19)9(7-16)10(18)12(13,14)15/h2-6,18H,1H3/b10-9-. The van der Waals surface area contributed by atoms with Crippen LogP contribution in [0.15, 0.2) is 41.7 Å². The van der Waals surface area contributed by atoms with E-state index in [9.17, 15) is 18.0 Å². The van der Waals surface area contributed by atoms with E-state index >= 15 is 0 Å². The van der Waals surface area contributed by atoms with Crippen molar-refractivity contribution >= 4 is 11.6 Å². The largest absolute Gasteiger partial charge is 0.503 e. The van der Waals surface area contributed by atoms with Gasteiger partial charge in [0.1, 0.15) is 6.07 Å². The summed E-state index contributed by atoms with van der Waals surface area (Å²) in [5.41, 5.74) is -1.05. The first-order chi connectivity index (χ1) is 8.79. The fourth-order valence-electron chi connectivity index (χ4n) is 1.28. The Labute approximate surface area is 107 Å². The average molecular weight is 270 g/mol. The van der Waals surface area contributed by atoms with Crippen molar-refractivity contribution in [2.24, 2.45) is 0 Å². The van der Waals surface area contributed by atoms with Crippen molar-refractivity contribution < 1.29 is 23.1 Å². The predicted octanol–water partition coefficient (Wildman–Crippen LogP) is 2.55. The van der Waals surface area contributed by atoms with Crippen LogP contribution in [0.1, 0.15) is 0 Å². The molecular weight excluding hydrogens is 261 g/mol. The Morgan fingerprint density at radius 2 is 1.84 bits per heavy atom. The lowest BCUT2D eigenvalue weighted by Crippen LogP contribution is -2.30. The third kappa shape index (κ3) is 3.25. The minimum atomic E-state index is -5.14. The SMILES string of the molecule is CN(C(=O)/C(C#N)=C(\O)C(F)(F)F)c1ccccc1. The molecule has 1 aromatic carbocycles. The number of para-hydroxylation sites is 1. The topological polar surface area (TPSA) is 64.3 Å². The molecule has 0 aromatic heterocycles. The quantitative estimate of drug-likeness (QED) is 0.510. The maximum Gasteiger partial charge on any atom is 0.450 e. The molecule has 0 atom stereocenters. The molecule has 0 unspecified atom stereocenters. The van der Waals surface area contributed by atoms with Crippen LogP contribution in [0.5, 0.6) is 0 Å². The summed E-state index contributed by atoms with van der Waals surface area (Å²) < 4.78 is 36.8. The van der Waals surface area contributed by atoms with E-state index in [4.69, 9.17) is 10.4 Å². The zero-order valence-electron chi connectivity index (χ0n) is 9.77. The first-order valence-electron chi connectivity index (χ1n) is 5.02. The van der Waals surface area contributed by atoms with Gasteiger partial charge < -0.3 is 10.0 Å². The number of rotatable bonds is 2. The van der Waals surface area contributed by atoms with Crippen LogP contribution in [0.25, 0.3) is 0 Å². The van der Waals surface area contributed by atoms with Gasteiger partial charge in [-0.15, -0.1) is 0 Å². The molecule has 0 bridgehead atoms. The van der Waals surface area contributed by atoms with Gasteiger partial charge >= 0.3 is 6.18 Å². The number of aliphatic hydroxyl groups excluding tert-OH is 1. The molecule has 0 saturated carbocycles. The Morgan fingerprint density at radius 3 is 2.26 bits per heavy atom. The number of hydrogen-bond donors (Lipinski definition) is 1. The molecule has 1 amide bonds. The first kappa shape index (κ1) is 14.6. The molecule has 1 N–H and O–H groups in total. The lowest BCUT2D eigenvalue weighted by Gasteiger charge is -2.17. The summed E-state index contributed by atoms with van der Waals surface area (Å²) in [6, 6.07) is 8.87. The van der Waals surface area contributed by atoms with Crippen LogP contribution in [0.4, 0.5) is 18.9 Å². The Morgan fingerprint density at radius 1 is 1.32 bits per heavy atom. The summed E-state index contributed by atoms with van der Waals surface area (Å²) >= 11 is 0. The molecule has 0 spiro atoms. The summed E-state index contributed by atoms with van der Waals surface area (Å²) in [5, 5.41) is 17.5. The number of anilines is 1. The smallest absolute Gasteiger partial charge is 0.450 e. The van der Waals surface area contributed by atoms with E-state index in [0.29, 0.717) is 5.69 Å². The predicted molar refractivity (Wildman–Crippen MR) is 61.2 cm³/mol. The van der Waals surface area contributed by atoms with Gasteiger partial charge in [0.05, 0.1) is 0 Å². The van der Waals surface area contributed by atoms with E-state index < -0.39 is 23.4 Å². The third-order valence-electron chi connectivity index (χ3n) is 2.28. The number of carbonyl (C=O) groups excluding carboxylic acids is 1. The number of benzene rings is 1. The number of likely N-dealkylation sites (N-methyl/N-ethyl adjacent to an activating group) is 1. The van der Waals surface area contributed by atoms with Gasteiger partial charge in [0, 0.05) is 12.7 Å². The van der Waals surface area contributed by atoms with E-state index in [1.807, 2.05) is 0 Å². The number of aliphatic hydroxyl groups is 1. The molecule has 19 heavy (non-hydrogen) atoms. The number of carbonyl (C=O) groups is 1. The van der Waals surface area contributed by atoms with E-state index in [1.165, 1.54) is 19.2 Å². The fraction of sp³-hybridized carbons (Fsp3) is 0.167. The van der Waals surface area contributed by atoms with Crippen molar-refractivity contribution in [3.63, 3.8) is 0 Å². The van der Waals surface area contributed by atoms with Gasteiger partial charge in [0.25, 0.3) is 5.91 Å². The molecule has 0 aliphatic rings. The number of hydrogen-bond acceptors (Lipinski definition) is 3. The van der Waals surface area contributed by atoms with E-state index in [1.54, 1.807) is 18.2 Å². The minimum absolute atomic E-state index is 0.301. The molecular formula is C12H9F3N2O2. The molecule has 0 fully saturated rings. The summed E-state index contributed by atoms with van der Waals surface area (Å²) in [6.07, 6.45) is -5.14. The Hall–Kier alpha value is -2.49. The second kappa shape index (κ2) is 5.44. The molecule has 1 rings (SSSR count). The zero-order chi connectivity index (χ0) is 14.6. The summed E-state index contributed by atoms with van der Waals surface area (Å²) in [4.78, 5) is 12.6. The van der Waals surface area contributed by atoms with Crippen molar-refractivity contribution in [2.45, 2.75) is 6.18 Å². The fourth-order valence-corrected chi connectivity index (χ4v) is 1.28. The highest BCUT2D eigenvalue weighted by Crippen LogP contribution is 2.27. The molecule has 0 aliphatic carbocycles. The van der Waals surface area contributed by atoms with Crippen LogP contribution in [-0.2, 0) is 4.79 Å². The van der Waals surface area contributed by atoms with E-state index in [-0.39, 0.29) is 0 Å². The monoisotopic (exact) mass is 270 g/mol. The third-order valence-corrected chi connectivity index (χ3v) is 2.28. The first-order valence-corrected chi connectivity index (χ1v) is 5.02. The van der Waals surface area contributed by atoms with Gasteiger partial charge in [-0.25, -0.2) is 0 Å². The van der Waals surface area contributed by atoms with E-state index in [0.717, 1.165) is 11.0 Å². The van der Waals surface area contributed by atoms with Crippen LogP contribution < -0.4 is 4.90 Å². The van der Waals surface area contributed by atoms with Crippen LogP contribution >= 0.6 is 0 Å². The molecule has 0 aliphatic heterocycles. The minimum Gasteiger partial charge on any atom is -0.503 e. The highest BCUT2D eigenvalue weighted by atomic mass is 19.4. The number of amides is 1. The van der Waals surface area contributed by atoms with Crippen molar-refractivity contribution in [2.75, 3.05) is 11.9 Å². The second-order valence-electron chi connectivity index (χ2n) is 3.53. The van der Waals surface area contributed by atoms with Crippen molar-refractivity contribution in [1.29, 1.82) is 5.26 Å². The lowest BCUT2D eigenvalue weighted by atomic mass is 10.2. The van der Waals surface area contributed by atoms with Crippen molar-refractivity contribution in [3.8, 4) is 6.07 Å². The highest BCUT2D eigenvalue weighted by molar-refractivity contribution is 6.08. The molecule has 0 saturated heterocycles. The average Bonchev–Trinajstić information content (AvgIpc) is 2.38. The Balaban J connectivity index is 3.16. The van der Waals surface area contributed by atoms with Crippen molar-refractivity contribution in [3.05, 3.63) is 41.7 Å². The molecule has 7 heteroatoms. The summed E-state index contributed by atoms with van der Waals surface area (Å²) in [7, 11) is 1.21. The van der Waals surface area contributed by atoms with Crippen LogP contribution in [-0.4, -0.2) is 24.2 Å². The summed E-state index contributed by atoms with van der Waals surface area (Å²) in [5.74, 6) is -3.42. The summed E-state index contributed by atoms with van der Waals surface area (Å²) in [6.45, 7) is 0. The number of alkyl halides is 3. The highest BCUT2D eigenvalue weighted by Gasteiger charge is 2.39. The molecule has 0 radical (unpaired) electrons. The zero-order valence-corrected chi connectivity index (χ0v) is 9.77. The van der Waals surface area contributed by atoms with Gasteiger partial charge in [-0.05, 0) is 12.1 Å². The van der Waals surface area contributed by atoms with Gasteiger partial charge in [0.15, 0.2) is 5.57 Å². The number of halogens is 3. The number of nitrogens with zero attached hydrogens (tertiary/aromatic N) is 2. The van der Waals surface area contributed by atoms with Gasteiger partial charge in [-0.3, -0.25) is 4.79 Å². The van der Waals surface area contributed by atoms with Gasteiger partial charge in [0.2, 0.25) is 5.76 Å².